The van der Waals surface area contributed by atoms with Crippen molar-refractivity contribution >= 4 is 38.1 Å². The molecule has 170 valence electrons. The normalized spacial score (nSPS) is 14.1. The number of hydrogen-bond donors (Lipinski definition) is 2. The number of sulfonamides is 1. The predicted molar refractivity (Wildman–Crippen MR) is 128 cm³/mol. The summed E-state index contributed by atoms with van der Waals surface area (Å²) < 4.78 is 26.9. The summed E-state index contributed by atoms with van der Waals surface area (Å²) >= 11 is 0. The molecule has 1 aliphatic heterocycles. The van der Waals surface area contributed by atoms with Crippen LogP contribution in [-0.2, 0) is 10.0 Å². The van der Waals surface area contributed by atoms with Gasteiger partial charge in [0.1, 0.15) is 0 Å². The minimum absolute atomic E-state index is 0.0373. The fourth-order valence-corrected chi connectivity index (χ4v) is 5.03. The maximum atomic E-state index is 12.9. The van der Waals surface area contributed by atoms with Crippen LogP contribution >= 0.6 is 0 Å². The zero-order chi connectivity index (χ0) is 23.3. The van der Waals surface area contributed by atoms with Crippen molar-refractivity contribution in [3.63, 3.8) is 0 Å². The summed E-state index contributed by atoms with van der Waals surface area (Å²) in [6, 6.07) is 13.5. The van der Waals surface area contributed by atoms with Gasteiger partial charge in [0.05, 0.1) is 16.7 Å². The molecular weight excluding hydrogens is 438 g/mol. The average Bonchev–Trinajstić information content (AvgIpc) is 2.85. The lowest BCUT2D eigenvalue weighted by molar-refractivity contribution is 0.102. The third-order valence-corrected chi connectivity index (χ3v) is 7.17. The Labute approximate surface area is 193 Å². The molecule has 0 spiro atoms. The highest BCUT2D eigenvalue weighted by Gasteiger charge is 2.17. The first-order valence-electron chi connectivity index (χ1n) is 10.9. The number of carbonyl (C=O) groups is 1. The van der Waals surface area contributed by atoms with Gasteiger partial charge >= 0.3 is 0 Å². The molecule has 0 atom stereocenters. The molecule has 3 aromatic rings. The van der Waals surface area contributed by atoms with E-state index in [0.29, 0.717) is 11.3 Å². The maximum absolute atomic E-state index is 12.9. The standard InChI is InChI=1S/C24H25N5O3S/c25-12-4-13-27-33(31,32)19-7-5-18(6-8-19)24(30)28-22-9-10-23(29-15-2-1-3-16-29)20-11-14-26-17-21(20)22/h5-11,14,17,27H,1-4,13,15-16H2,(H,28,30). The van der Waals surface area contributed by atoms with Crippen LogP contribution < -0.4 is 14.9 Å². The molecule has 2 heterocycles. The van der Waals surface area contributed by atoms with E-state index in [1.807, 2.05) is 24.3 Å². The largest absolute Gasteiger partial charge is 0.371 e. The lowest BCUT2D eigenvalue weighted by atomic mass is 10.0. The molecule has 0 unspecified atom stereocenters. The zero-order valence-electron chi connectivity index (χ0n) is 18.1. The van der Waals surface area contributed by atoms with Crippen molar-refractivity contribution in [1.29, 1.82) is 5.26 Å². The smallest absolute Gasteiger partial charge is 0.255 e. The van der Waals surface area contributed by atoms with E-state index in [4.69, 9.17) is 5.26 Å². The van der Waals surface area contributed by atoms with E-state index < -0.39 is 10.0 Å². The molecule has 0 bridgehead atoms. The van der Waals surface area contributed by atoms with Crippen LogP contribution in [0.3, 0.4) is 0 Å². The number of rotatable bonds is 7. The number of nitriles is 1. The Morgan fingerprint density at radius 1 is 1.03 bits per heavy atom. The maximum Gasteiger partial charge on any atom is 0.255 e. The Morgan fingerprint density at radius 3 is 2.52 bits per heavy atom. The van der Waals surface area contributed by atoms with Gasteiger partial charge < -0.3 is 10.2 Å². The Kier molecular flexibility index (Phi) is 6.87. The number of pyridine rings is 1. The van der Waals surface area contributed by atoms with Crippen molar-refractivity contribution in [2.45, 2.75) is 30.6 Å². The first-order valence-corrected chi connectivity index (χ1v) is 12.4. The van der Waals surface area contributed by atoms with E-state index in [1.165, 1.54) is 43.5 Å². The number of benzene rings is 2. The zero-order valence-corrected chi connectivity index (χ0v) is 18.9. The molecule has 1 saturated heterocycles. The Morgan fingerprint density at radius 2 is 1.79 bits per heavy atom. The molecule has 1 amide bonds. The lowest BCUT2D eigenvalue weighted by Gasteiger charge is -2.30. The first kappa shape index (κ1) is 22.7. The summed E-state index contributed by atoms with van der Waals surface area (Å²) in [5.74, 6) is -0.340. The molecule has 2 aromatic carbocycles. The van der Waals surface area contributed by atoms with Gasteiger partial charge in [-0.2, -0.15) is 5.26 Å². The third-order valence-electron chi connectivity index (χ3n) is 5.70. The number of fused-ring (bicyclic) bond motifs is 1. The molecule has 0 radical (unpaired) electrons. The molecule has 8 nitrogen and oxygen atoms in total. The number of hydrogen-bond acceptors (Lipinski definition) is 6. The monoisotopic (exact) mass is 463 g/mol. The summed E-state index contributed by atoms with van der Waals surface area (Å²) in [5.41, 5.74) is 2.13. The molecule has 1 aromatic heterocycles. The van der Waals surface area contributed by atoms with Crippen molar-refractivity contribution in [2.24, 2.45) is 0 Å². The molecule has 2 N–H and O–H groups in total. The molecule has 1 fully saturated rings. The average molecular weight is 464 g/mol. The molecule has 1 aliphatic rings. The number of nitrogens with one attached hydrogen (secondary N) is 2. The number of aromatic nitrogens is 1. The van der Waals surface area contributed by atoms with Gasteiger partial charge in [0, 0.05) is 60.5 Å². The van der Waals surface area contributed by atoms with Crippen molar-refractivity contribution in [3.8, 4) is 6.07 Å². The molecule has 9 heteroatoms. The van der Waals surface area contributed by atoms with Crippen LogP contribution in [0.25, 0.3) is 10.8 Å². The highest BCUT2D eigenvalue weighted by atomic mass is 32.2. The second-order valence-corrected chi connectivity index (χ2v) is 9.65. The van der Waals surface area contributed by atoms with Crippen LogP contribution in [-0.4, -0.2) is 38.9 Å². The topological polar surface area (TPSA) is 115 Å². The van der Waals surface area contributed by atoms with Crippen LogP contribution in [0.5, 0.6) is 0 Å². The highest BCUT2D eigenvalue weighted by molar-refractivity contribution is 7.89. The first-order chi connectivity index (χ1) is 16.0. The van der Waals surface area contributed by atoms with Gasteiger partial charge in [-0.15, -0.1) is 0 Å². The molecule has 0 aliphatic carbocycles. The quantitative estimate of drug-likeness (QED) is 0.517. The lowest BCUT2D eigenvalue weighted by Crippen LogP contribution is -2.29. The molecule has 33 heavy (non-hydrogen) atoms. The van der Waals surface area contributed by atoms with E-state index in [1.54, 1.807) is 12.4 Å². The van der Waals surface area contributed by atoms with E-state index in [2.05, 4.69) is 19.9 Å². The van der Waals surface area contributed by atoms with Gasteiger partial charge in [-0.1, -0.05) is 0 Å². The van der Waals surface area contributed by atoms with Crippen LogP contribution in [0.1, 0.15) is 36.0 Å². The van der Waals surface area contributed by atoms with E-state index >= 15 is 0 Å². The van der Waals surface area contributed by atoms with Gasteiger partial charge in [0.2, 0.25) is 10.0 Å². The second-order valence-electron chi connectivity index (χ2n) is 7.89. The van der Waals surface area contributed by atoms with Gasteiger partial charge in [-0.25, -0.2) is 13.1 Å². The SMILES string of the molecule is N#CCCNS(=O)(=O)c1ccc(C(=O)Nc2ccc(N3CCCCC3)c3ccncc23)cc1. The molecular formula is C24H25N5O3S. The van der Waals surface area contributed by atoms with E-state index in [-0.39, 0.29) is 23.8 Å². The van der Waals surface area contributed by atoms with Gasteiger partial charge in [-0.3, -0.25) is 9.78 Å². The number of piperidine rings is 1. The fourth-order valence-electron chi connectivity index (χ4n) is 4.00. The summed E-state index contributed by atoms with van der Waals surface area (Å²) in [5, 5.41) is 13.4. The minimum Gasteiger partial charge on any atom is -0.371 e. The van der Waals surface area contributed by atoms with Gasteiger partial charge in [0.15, 0.2) is 0 Å². The van der Waals surface area contributed by atoms with Crippen molar-refractivity contribution in [2.75, 3.05) is 29.9 Å². The van der Waals surface area contributed by atoms with Crippen LogP contribution in [0.15, 0.2) is 59.8 Å². The second kappa shape index (κ2) is 9.98. The van der Waals surface area contributed by atoms with Crippen LogP contribution in [0, 0.1) is 11.3 Å². The number of amides is 1. The Hall–Kier alpha value is -3.48. The Bertz CT molecular complexity index is 1290. The van der Waals surface area contributed by atoms with Gasteiger partial charge in [-0.05, 0) is 61.7 Å². The highest BCUT2D eigenvalue weighted by Crippen LogP contribution is 2.33. The predicted octanol–water partition coefficient (Wildman–Crippen LogP) is 3.67. The van der Waals surface area contributed by atoms with Crippen molar-refractivity contribution < 1.29 is 13.2 Å². The summed E-state index contributed by atoms with van der Waals surface area (Å²) in [6.45, 7) is 2.07. The molecule has 4 rings (SSSR count). The van der Waals surface area contributed by atoms with Crippen LogP contribution in [0.2, 0.25) is 0 Å². The van der Waals surface area contributed by atoms with E-state index in [0.717, 1.165) is 29.5 Å². The van der Waals surface area contributed by atoms with Gasteiger partial charge in [0.25, 0.3) is 5.91 Å². The number of nitrogens with zero attached hydrogens (tertiary/aromatic N) is 3. The van der Waals surface area contributed by atoms with E-state index in [9.17, 15) is 13.2 Å². The third kappa shape index (κ3) is 5.13. The summed E-state index contributed by atoms with van der Waals surface area (Å²) in [7, 11) is -3.72. The summed E-state index contributed by atoms with van der Waals surface area (Å²) in [4.78, 5) is 19.5. The van der Waals surface area contributed by atoms with Crippen LogP contribution in [0.4, 0.5) is 11.4 Å². The molecule has 0 saturated carbocycles. The minimum atomic E-state index is -3.72. The van der Waals surface area contributed by atoms with Crippen molar-refractivity contribution in [1.82, 2.24) is 9.71 Å². The number of anilines is 2. The van der Waals surface area contributed by atoms with Crippen molar-refractivity contribution in [3.05, 3.63) is 60.4 Å². The Balaban J connectivity index is 1.54. The fraction of sp³-hybridized carbons (Fsp3) is 0.292. The number of carbonyl (C=O) groups excluding carboxylic acids is 1. The summed E-state index contributed by atoms with van der Waals surface area (Å²) in [6.07, 6.45) is 7.18.